The summed E-state index contributed by atoms with van der Waals surface area (Å²) < 4.78 is 43.4. The highest BCUT2D eigenvalue weighted by molar-refractivity contribution is 7.89. The fourth-order valence-corrected chi connectivity index (χ4v) is 6.23. The minimum Gasteiger partial charge on any atom is -0.478 e. The van der Waals surface area contributed by atoms with Crippen molar-refractivity contribution in [3.05, 3.63) is 47.0 Å². The Balaban J connectivity index is 1.53. The Bertz CT molecular complexity index is 1470. The van der Waals surface area contributed by atoms with Gasteiger partial charge in [0.15, 0.2) is 5.78 Å². The monoisotopic (exact) mass is 618 g/mol. The number of aromatic nitrogens is 2. The molecule has 2 aromatic heterocycles. The topological polar surface area (TPSA) is 127 Å². The fraction of sp³-hybridized carbons (Fsp3) is 0.500. The zero-order valence-corrected chi connectivity index (χ0v) is 26.1. The molecule has 0 atom stereocenters. The van der Waals surface area contributed by atoms with Gasteiger partial charge in [-0.3, -0.25) is 9.80 Å². The molecule has 3 heterocycles. The van der Waals surface area contributed by atoms with Crippen LogP contribution in [0.25, 0.3) is 10.3 Å². The summed E-state index contributed by atoms with van der Waals surface area (Å²) in [5, 5.41) is 7.09. The van der Waals surface area contributed by atoms with Crippen LogP contribution in [-0.2, 0) is 30.7 Å². The Kier molecular flexibility index (Phi) is 11.4. The number of pyridine rings is 1. The van der Waals surface area contributed by atoms with Gasteiger partial charge < -0.3 is 19.1 Å². The van der Waals surface area contributed by atoms with E-state index in [9.17, 15) is 13.2 Å². The molecule has 4 rings (SSSR count). The second-order valence-electron chi connectivity index (χ2n) is 10.0. The lowest BCUT2D eigenvalue weighted by Crippen LogP contribution is -2.34. The summed E-state index contributed by atoms with van der Waals surface area (Å²) in [7, 11) is 3.36. The number of ketones is 1. The third kappa shape index (κ3) is 8.52. The van der Waals surface area contributed by atoms with Crippen LogP contribution in [0.3, 0.4) is 0 Å². The molecule has 0 amide bonds. The molecule has 1 fully saturated rings. The predicted octanol–water partition coefficient (Wildman–Crippen LogP) is 2.14. The number of nitrogens with zero attached hydrogens (tertiary/aromatic N) is 6. The van der Waals surface area contributed by atoms with Gasteiger partial charge in [-0.1, -0.05) is 23.5 Å². The number of carbonyl (C=O) groups is 1. The molecule has 1 aromatic carbocycles. The zero-order valence-electron chi connectivity index (χ0n) is 24.5. The summed E-state index contributed by atoms with van der Waals surface area (Å²) in [6.07, 6.45) is 0.918. The second-order valence-corrected chi connectivity index (χ2v) is 13.2. The first kappa shape index (κ1) is 31.9. The van der Waals surface area contributed by atoms with Crippen LogP contribution in [0.5, 0.6) is 5.88 Å². The van der Waals surface area contributed by atoms with Crippen molar-refractivity contribution in [2.24, 2.45) is 5.10 Å². The maximum atomic E-state index is 13.7. The van der Waals surface area contributed by atoms with E-state index in [4.69, 9.17) is 14.2 Å². The number of benzene rings is 1. The van der Waals surface area contributed by atoms with E-state index >= 15 is 0 Å². The molecule has 1 saturated heterocycles. The first-order valence-electron chi connectivity index (χ1n) is 13.7. The molecule has 0 unspecified atom stereocenters. The number of likely N-dealkylation sites (N-methyl/N-ethyl adjacent to an activating group) is 1. The molecule has 1 aliphatic heterocycles. The molecule has 0 aliphatic carbocycles. The molecule has 1 aliphatic rings. The zero-order chi connectivity index (χ0) is 30.1. The second kappa shape index (κ2) is 14.9. The molecule has 3 aromatic rings. The van der Waals surface area contributed by atoms with Gasteiger partial charge in [0, 0.05) is 38.9 Å². The Hall–Kier alpha value is -3.01. The molecule has 12 nitrogen and oxygen atoms in total. The SMILES string of the molecule is COCCN(C)S(=O)(=O)c1ccc(/C(=N\N2CCOCC2)C(=O)Cc2nc3ccc(OCCCN(C)C)nc3s2)cc1. The molecule has 0 saturated carbocycles. The number of sulfonamides is 1. The number of fused-ring (bicyclic) bond motifs is 1. The minimum absolute atomic E-state index is 0.0308. The van der Waals surface area contributed by atoms with Crippen molar-refractivity contribution in [3.63, 3.8) is 0 Å². The van der Waals surface area contributed by atoms with Crippen molar-refractivity contribution >= 4 is 43.2 Å². The third-order valence-corrected chi connectivity index (χ3v) is 9.36. The van der Waals surface area contributed by atoms with E-state index in [1.165, 1.54) is 41.9 Å². The quantitative estimate of drug-likeness (QED) is 0.185. The van der Waals surface area contributed by atoms with Crippen molar-refractivity contribution in [1.82, 2.24) is 24.2 Å². The van der Waals surface area contributed by atoms with Crippen molar-refractivity contribution in [1.29, 1.82) is 0 Å². The van der Waals surface area contributed by atoms with Crippen molar-refractivity contribution in [2.75, 3.05) is 80.9 Å². The number of hydrogen-bond acceptors (Lipinski definition) is 12. The fourth-order valence-electron chi connectivity index (χ4n) is 4.15. The highest BCUT2D eigenvalue weighted by atomic mass is 32.2. The number of hydrogen-bond donors (Lipinski definition) is 0. The molecule has 42 heavy (non-hydrogen) atoms. The van der Waals surface area contributed by atoms with E-state index in [2.05, 4.69) is 20.0 Å². The van der Waals surface area contributed by atoms with E-state index in [0.717, 1.165) is 13.0 Å². The van der Waals surface area contributed by atoms with Gasteiger partial charge in [-0.05, 0) is 38.7 Å². The molecule has 228 valence electrons. The van der Waals surface area contributed by atoms with E-state index in [-0.39, 0.29) is 36.0 Å². The van der Waals surface area contributed by atoms with E-state index in [1.807, 2.05) is 20.2 Å². The van der Waals surface area contributed by atoms with Gasteiger partial charge in [0.1, 0.15) is 21.1 Å². The van der Waals surface area contributed by atoms with Crippen LogP contribution in [0.2, 0.25) is 0 Å². The minimum atomic E-state index is -3.71. The third-order valence-electron chi connectivity index (χ3n) is 6.52. The number of carbonyl (C=O) groups excluding carboxylic acids is 1. The molecular formula is C28H38N6O6S2. The molecule has 0 bridgehead atoms. The Labute approximate surface area is 250 Å². The van der Waals surface area contributed by atoms with Gasteiger partial charge in [-0.25, -0.2) is 18.4 Å². The number of thiazole rings is 1. The van der Waals surface area contributed by atoms with Crippen molar-refractivity contribution in [3.8, 4) is 5.88 Å². The standard InChI is InChI=1S/C28H38N6O6S2/c1-32(2)12-5-16-40-25-11-10-23-28(30-25)41-26(29-23)20-24(35)27(31-34-14-18-39-19-15-34)21-6-8-22(9-7-21)42(36,37)33(3)13-17-38-4/h6-11H,5,12-20H2,1-4H3/b31-27+. The van der Waals surface area contributed by atoms with Crippen molar-refractivity contribution < 1.29 is 27.4 Å². The lowest BCUT2D eigenvalue weighted by atomic mass is 10.0. The van der Waals surface area contributed by atoms with Gasteiger partial charge in [-0.2, -0.15) is 9.41 Å². The summed E-state index contributed by atoms with van der Waals surface area (Å²) in [6, 6.07) is 9.87. The van der Waals surface area contributed by atoms with Crippen LogP contribution in [0, 0.1) is 0 Å². The highest BCUT2D eigenvalue weighted by Gasteiger charge is 2.23. The number of rotatable bonds is 15. The number of morpholine rings is 1. The number of hydrazone groups is 1. The van der Waals surface area contributed by atoms with Gasteiger partial charge in [0.2, 0.25) is 15.9 Å². The molecule has 0 radical (unpaired) electrons. The molecule has 0 spiro atoms. The van der Waals surface area contributed by atoms with E-state index in [0.29, 0.717) is 59.7 Å². The maximum absolute atomic E-state index is 13.7. The smallest absolute Gasteiger partial charge is 0.242 e. The number of Topliss-reactive ketones (excluding diaryl/α,β-unsaturated/α-hetero) is 1. The largest absolute Gasteiger partial charge is 0.478 e. The van der Waals surface area contributed by atoms with Crippen molar-refractivity contribution in [2.45, 2.75) is 17.7 Å². The van der Waals surface area contributed by atoms with Crippen LogP contribution >= 0.6 is 11.3 Å². The summed E-state index contributed by atoms with van der Waals surface area (Å²) >= 11 is 1.34. The number of ether oxygens (including phenoxy) is 3. The molecular weight excluding hydrogens is 580 g/mol. The van der Waals surface area contributed by atoms with E-state index < -0.39 is 10.0 Å². The highest BCUT2D eigenvalue weighted by Crippen LogP contribution is 2.24. The summed E-state index contributed by atoms with van der Waals surface area (Å²) in [4.78, 5) is 25.8. The van der Waals surface area contributed by atoms with Gasteiger partial charge >= 0.3 is 0 Å². The number of methoxy groups -OCH3 is 1. The Morgan fingerprint density at radius 2 is 1.79 bits per heavy atom. The summed E-state index contributed by atoms with van der Waals surface area (Å²) in [6.45, 7) is 4.12. The summed E-state index contributed by atoms with van der Waals surface area (Å²) in [5.41, 5.74) is 1.46. The van der Waals surface area contributed by atoms with Crippen LogP contribution in [0.15, 0.2) is 46.4 Å². The molecule has 14 heteroatoms. The lowest BCUT2D eigenvalue weighted by molar-refractivity contribution is -0.112. The Morgan fingerprint density at radius 1 is 1.05 bits per heavy atom. The first-order valence-corrected chi connectivity index (χ1v) is 16.0. The van der Waals surface area contributed by atoms with Crippen LogP contribution in [0.4, 0.5) is 0 Å². The average Bonchev–Trinajstić information content (AvgIpc) is 3.38. The predicted molar refractivity (Wildman–Crippen MR) is 162 cm³/mol. The lowest BCUT2D eigenvalue weighted by Gasteiger charge is -2.25. The molecule has 0 N–H and O–H groups in total. The maximum Gasteiger partial charge on any atom is 0.242 e. The summed E-state index contributed by atoms with van der Waals surface area (Å²) in [5.74, 6) is 0.300. The first-order chi connectivity index (χ1) is 20.2. The normalized spacial score (nSPS) is 14.7. The van der Waals surface area contributed by atoms with Gasteiger partial charge in [0.05, 0.1) is 50.8 Å². The van der Waals surface area contributed by atoms with Crippen LogP contribution in [-0.4, -0.2) is 125 Å². The van der Waals surface area contributed by atoms with E-state index in [1.54, 1.807) is 23.2 Å². The average molecular weight is 619 g/mol. The van der Waals surface area contributed by atoms with Crippen LogP contribution in [0.1, 0.15) is 17.0 Å². The van der Waals surface area contributed by atoms with Crippen LogP contribution < -0.4 is 4.74 Å². The Morgan fingerprint density at radius 3 is 2.48 bits per heavy atom. The van der Waals surface area contributed by atoms with Gasteiger partial charge in [-0.15, -0.1) is 0 Å². The van der Waals surface area contributed by atoms with Gasteiger partial charge in [0.25, 0.3) is 0 Å².